The van der Waals surface area contributed by atoms with Gasteiger partial charge in [-0.25, -0.2) is 0 Å². The maximum Gasteiger partial charge on any atom is 0.436 e. The summed E-state index contributed by atoms with van der Waals surface area (Å²) in [4.78, 5) is 12.5. The molecule has 0 spiro atoms. The summed E-state index contributed by atoms with van der Waals surface area (Å²) in [5.74, 6) is -0.821. The Hall–Kier alpha value is -2.04. The minimum absolute atomic E-state index is 0.0160. The van der Waals surface area contributed by atoms with Crippen LogP contribution in [-0.2, 0) is 19.8 Å². The maximum atomic E-state index is 12.9. The van der Waals surface area contributed by atoms with Crippen LogP contribution >= 0.6 is 39.1 Å². The van der Waals surface area contributed by atoms with Crippen LogP contribution in [0.2, 0.25) is 10.0 Å². The Kier molecular flexibility index (Phi) is 5.74. The van der Waals surface area contributed by atoms with Crippen LogP contribution in [-0.4, -0.2) is 25.5 Å². The van der Waals surface area contributed by atoms with Gasteiger partial charge in [0, 0.05) is 18.3 Å². The number of anilines is 1. The number of alkyl halides is 3. The van der Waals surface area contributed by atoms with Crippen molar-refractivity contribution in [3.63, 3.8) is 0 Å². The van der Waals surface area contributed by atoms with E-state index in [9.17, 15) is 18.0 Å². The van der Waals surface area contributed by atoms with E-state index < -0.39 is 22.3 Å². The van der Waals surface area contributed by atoms with Crippen LogP contribution in [0.5, 0.6) is 0 Å². The van der Waals surface area contributed by atoms with Crippen LogP contribution in [0.1, 0.15) is 21.7 Å². The first-order valence-corrected chi connectivity index (χ1v) is 9.19. The van der Waals surface area contributed by atoms with Gasteiger partial charge in [-0.1, -0.05) is 35.3 Å². The highest BCUT2D eigenvalue weighted by atomic mass is 79.9. The van der Waals surface area contributed by atoms with Crippen molar-refractivity contribution in [2.45, 2.75) is 12.7 Å². The Morgan fingerprint density at radius 2 is 1.86 bits per heavy atom. The molecule has 148 valence electrons. The molecule has 6 nitrogen and oxygen atoms in total. The molecular formula is C16H11BrCl2F3N5O. The standard InChI is InChI=1S/C16H11BrCl2F3N5O/c1-26-12(11(17)13(24-26)16(20,21)22)15(28)23-14-10(19)7-27(25-14)6-8-2-4-9(18)5-3-8/h2-5,7H,6H2,1H3,(H,23,25,28). The number of carbonyl (C=O) groups is 1. The average Bonchev–Trinajstić information content (AvgIpc) is 3.08. The average molecular weight is 497 g/mol. The Bertz CT molecular complexity index is 1030. The van der Waals surface area contributed by atoms with Crippen molar-refractivity contribution >= 4 is 50.9 Å². The number of hydrogen-bond donors (Lipinski definition) is 1. The molecule has 0 saturated carbocycles. The van der Waals surface area contributed by atoms with Gasteiger partial charge in [-0.2, -0.15) is 23.4 Å². The molecule has 28 heavy (non-hydrogen) atoms. The summed E-state index contributed by atoms with van der Waals surface area (Å²) in [5.41, 5.74) is -0.610. The summed E-state index contributed by atoms with van der Waals surface area (Å²) in [5, 5.41) is 10.6. The third-order valence-electron chi connectivity index (χ3n) is 3.68. The number of halogens is 6. The largest absolute Gasteiger partial charge is 0.436 e. The number of aromatic nitrogens is 4. The second kappa shape index (κ2) is 7.76. The van der Waals surface area contributed by atoms with Crippen molar-refractivity contribution in [3.8, 4) is 0 Å². The van der Waals surface area contributed by atoms with Crippen molar-refractivity contribution in [1.29, 1.82) is 0 Å². The molecule has 0 aliphatic rings. The third-order valence-corrected chi connectivity index (χ3v) is 4.96. The van der Waals surface area contributed by atoms with Gasteiger partial charge >= 0.3 is 6.18 Å². The van der Waals surface area contributed by atoms with E-state index in [1.54, 1.807) is 12.1 Å². The molecular weight excluding hydrogens is 486 g/mol. The molecule has 3 rings (SSSR count). The van der Waals surface area contributed by atoms with Crippen LogP contribution in [0.4, 0.5) is 19.0 Å². The lowest BCUT2D eigenvalue weighted by atomic mass is 10.2. The smallest absolute Gasteiger partial charge is 0.302 e. The summed E-state index contributed by atoms with van der Waals surface area (Å²) in [7, 11) is 1.23. The number of aryl methyl sites for hydroxylation is 1. The molecule has 3 aromatic rings. The number of amides is 1. The van der Waals surface area contributed by atoms with Crippen LogP contribution in [0.25, 0.3) is 0 Å². The highest BCUT2D eigenvalue weighted by Gasteiger charge is 2.39. The number of nitrogens with one attached hydrogen (secondary N) is 1. The first-order valence-electron chi connectivity index (χ1n) is 7.64. The highest BCUT2D eigenvalue weighted by Crippen LogP contribution is 2.36. The zero-order valence-corrected chi connectivity index (χ0v) is 17.2. The van der Waals surface area contributed by atoms with Crippen LogP contribution in [0, 0.1) is 0 Å². The van der Waals surface area contributed by atoms with E-state index in [0.29, 0.717) is 11.6 Å². The molecule has 2 aromatic heterocycles. The van der Waals surface area contributed by atoms with Gasteiger partial charge in [0.05, 0.1) is 11.0 Å². The number of carbonyl (C=O) groups excluding carboxylic acids is 1. The fraction of sp³-hybridized carbons (Fsp3) is 0.188. The van der Waals surface area contributed by atoms with Gasteiger partial charge in [0.15, 0.2) is 11.5 Å². The first-order chi connectivity index (χ1) is 13.1. The van der Waals surface area contributed by atoms with E-state index in [0.717, 1.165) is 10.2 Å². The number of nitrogens with zero attached hydrogens (tertiary/aromatic N) is 4. The summed E-state index contributed by atoms with van der Waals surface area (Å²) >= 11 is 14.7. The molecule has 0 radical (unpaired) electrons. The molecule has 0 fully saturated rings. The third kappa shape index (κ3) is 4.34. The lowest BCUT2D eigenvalue weighted by Gasteiger charge is -2.05. The van der Waals surface area contributed by atoms with Crippen LogP contribution < -0.4 is 5.32 Å². The summed E-state index contributed by atoms with van der Waals surface area (Å²) in [6.07, 6.45) is -3.21. The Morgan fingerprint density at radius 1 is 1.21 bits per heavy atom. The molecule has 1 N–H and O–H groups in total. The molecule has 0 bridgehead atoms. The van der Waals surface area contributed by atoms with Crippen molar-refractivity contribution in [1.82, 2.24) is 19.6 Å². The minimum atomic E-state index is -4.70. The van der Waals surface area contributed by atoms with E-state index in [2.05, 4.69) is 31.4 Å². The van der Waals surface area contributed by atoms with Gasteiger partial charge in [-0.3, -0.25) is 14.2 Å². The van der Waals surface area contributed by atoms with Gasteiger partial charge in [0.25, 0.3) is 5.91 Å². The molecule has 2 heterocycles. The van der Waals surface area contributed by atoms with Crippen molar-refractivity contribution in [2.75, 3.05) is 5.32 Å². The SMILES string of the molecule is Cn1nc(C(F)(F)F)c(Br)c1C(=O)Nc1nn(Cc2ccc(Cl)cc2)cc1Cl. The van der Waals surface area contributed by atoms with E-state index in [1.807, 2.05) is 12.1 Å². The summed E-state index contributed by atoms with van der Waals surface area (Å²) < 4.78 is 40.7. The highest BCUT2D eigenvalue weighted by molar-refractivity contribution is 9.10. The lowest BCUT2D eigenvalue weighted by Crippen LogP contribution is -2.17. The predicted molar refractivity (Wildman–Crippen MR) is 102 cm³/mol. The Morgan fingerprint density at radius 3 is 2.43 bits per heavy atom. The summed E-state index contributed by atoms with van der Waals surface area (Å²) in [6.45, 7) is 0.361. The second-order valence-electron chi connectivity index (χ2n) is 5.74. The second-order valence-corrected chi connectivity index (χ2v) is 7.37. The normalized spacial score (nSPS) is 11.7. The molecule has 0 atom stereocenters. The molecule has 0 aliphatic carbocycles. The predicted octanol–water partition coefficient (Wildman–Crippen LogP) is 5.01. The van der Waals surface area contributed by atoms with Crippen LogP contribution in [0.3, 0.4) is 0 Å². The lowest BCUT2D eigenvalue weighted by molar-refractivity contribution is -0.142. The van der Waals surface area contributed by atoms with Gasteiger partial charge in [-0.05, 0) is 33.6 Å². The molecule has 0 aliphatic heterocycles. The zero-order chi connectivity index (χ0) is 20.6. The monoisotopic (exact) mass is 495 g/mol. The van der Waals surface area contributed by atoms with E-state index in [1.165, 1.54) is 17.9 Å². The quantitative estimate of drug-likeness (QED) is 0.552. The van der Waals surface area contributed by atoms with Crippen molar-refractivity contribution in [3.05, 3.63) is 61.9 Å². The Balaban J connectivity index is 1.81. The number of rotatable bonds is 4. The fourth-order valence-corrected chi connectivity index (χ4v) is 3.50. The molecule has 1 aromatic carbocycles. The van der Waals surface area contributed by atoms with Crippen molar-refractivity contribution < 1.29 is 18.0 Å². The maximum absolute atomic E-state index is 12.9. The van der Waals surface area contributed by atoms with E-state index in [4.69, 9.17) is 23.2 Å². The number of hydrogen-bond acceptors (Lipinski definition) is 3. The number of benzene rings is 1. The molecule has 12 heteroatoms. The minimum Gasteiger partial charge on any atom is -0.302 e. The van der Waals surface area contributed by atoms with Crippen LogP contribution in [0.15, 0.2) is 34.9 Å². The molecule has 1 amide bonds. The van der Waals surface area contributed by atoms with Crippen molar-refractivity contribution in [2.24, 2.45) is 7.05 Å². The Labute approximate surface area is 175 Å². The van der Waals surface area contributed by atoms with Gasteiger partial charge in [0.2, 0.25) is 0 Å². The fourth-order valence-electron chi connectivity index (χ4n) is 2.43. The first kappa shape index (κ1) is 20.7. The zero-order valence-electron chi connectivity index (χ0n) is 14.1. The van der Waals surface area contributed by atoms with Gasteiger partial charge < -0.3 is 5.32 Å². The van der Waals surface area contributed by atoms with E-state index in [-0.39, 0.29) is 16.5 Å². The molecule has 0 saturated heterocycles. The van der Waals surface area contributed by atoms with Gasteiger partial charge in [0.1, 0.15) is 10.7 Å². The summed E-state index contributed by atoms with van der Waals surface area (Å²) in [6, 6.07) is 7.06. The molecule has 0 unspecified atom stereocenters. The topological polar surface area (TPSA) is 64.7 Å². The van der Waals surface area contributed by atoms with Gasteiger partial charge in [-0.15, -0.1) is 0 Å². The van der Waals surface area contributed by atoms with E-state index >= 15 is 0 Å².